The third-order valence-corrected chi connectivity index (χ3v) is 1.86. The van der Waals surface area contributed by atoms with Crippen LogP contribution in [0.3, 0.4) is 0 Å². The molecule has 4 nitrogen and oxygen atoms in total. The van der Waals surface area contributed by atoms with Crippen LogP contribution in [0, 0.1) is 11.3 Å². The van der Waals surface area contributed by atoms with Gasteiger partial charge in [0.05, 0.1) is 5.71 Å². The molecule has 1 rings (SSSR count). The van der Waals surface area contributed by atoms with Crippen LogP contribution < -0.4 is 4.74 Å². The molecule has 1 N–H and O–H groups in total. The van der Waals surface area contributed by atoms with Gasteiger partial charge in [0, 0.05) is 6.42 Å². The van der Waals surface area contributed by atoms with E-state index in [0.29, 0.717) is 17.9 Å². The van der Waals surface area contributed by atoms with E-state index in [2.05, 4.69) is 5.16 Å². The Kier molecular flexibility index (Phi) is 4.17. The minimum absolute atomic E-state index is 0.0521. The largest absolute Gasteiger partial charge is 0.479 e. The quantitative estimate of drug-likeness (QED) is 0.463. The third-order valence-electron chi connectivity index (χ3n) is 1.86. The molecule has 0 aliphatic heterocycles. The molecule has 0 amide bonds. The van der Waals surface area contributed by atoms with Crippen LogP contribution in [-0.4, -0.2) is 17.5 Å². The van der Waals surface area contributed by atoms with Gasteiger partial charge in [0.2, 0.25) is 0 Å². The Morgan fingerprint density at radius 1 is 1.47 bits per heavy atom. The molecule has 0 saturated heterocycles. The molecule has 0 fully saturated rings. The van der Waals surface area contributed by atoms with E-state index in [1.807, 2.05) is 18.2 Å². The van der Waals surface area contributed by atoms with Crippen LogP contribution in [0.1, 0.15) is 12.5 Å². The van der Waals surface area contributed by atoms with Gasteiger partial charge in [-0.25, -0.2) is 0 Å². The van der Waals surface area contributed by atoms with Gasteiger partial charge < -0.3 is 9.94 Å². The first-order chi connectivity index (χ1) is 7.26. The van der Waals surface area contributed by atoms with Gasteiger partial charge in [0.1, 0.15) is 11.8 Å². The van der Waals surface area contributed by atoms with Gasteiger partial charge in [-0.05, 0) is 24.6 Å². The summed E-state index contributed by atoms with van der Waals surface area (Å²) < 4.78 is 5.10. The van der Waals surface area contributed by atoms with Crippen LogP contribution >= 0.6 is 0 Å². The molecule has 0 saturated carbocycles. The highest BCUT2D eigenvalue weighted by atomic mass is 16.5. The highest BCUT2D eigenvalue weighted by Gasteiger charge is 1.97. The number of nitriles is 1. The number of rotatable bonds is 4. The smallest absolute Gasteiger partial charge is 0.174 e. The fraction of sp³-hybridized carbons (Fsp3) is 0.273. The molecular formula is C11H12N2O2. The lowest BCUT2D eigenvalue weighted by atomic mass is 10.1. The Morgan fingerprint density at radius 3 is 2.67 bits per heavy atom. The van der Waals surface area contributed by atoms with E-state index in [1.165, 1.54) is 0 Å². The zero-order valence-electron chi connectivity index (χ0n) is 8.47. The predicted octanol–water partition coefficient (Wildman–Crippen LogP) is 1.98. The summed E-state index contributed by atoms with van der Waals surface area (Å²) in [5.74, 6) is 0.666. The van der Waals surface area contributed by atoms with E-state index in [1.54, 1.807) is 19.1 Å². The molecule has 15 heavy (non-hydrogen) atoms. The third kappa shape index (κ3) is 3.69. The number of benzene rings is 1. The number of oxime groups is 1. The van der Waals surface area contributed by atoms with Crippen molar-refractivity contribution in [2.75, 3.05) is 6.61 Å². The Hall–Kier alpha value is -2.02. The van der Waals surface area contributed by atoms with Gasteiger partial charge in [-0.2, -0.15) is 5.26 Å². The Labute approximate surface area is 88.4 Å². The second-order valence-electron chi connectivity index (χ2n) is 3.10. The van der Waals surface area contributed by atoms with E-state index in [9.17, 15) is 0 Å². The molecule has 0 atom stereocenters. The molecule has 0 aliphatic carbocycles. The normalized spacial score (nSPS) is 10.8. The second-order valence-corrected chi connectivity index (χ2v) is 3.10. The van der Waals surface area contributed by atoms with Crippen molar-refractivity contribution in [3.05, 3.63) is 29.8 Å². The summed E-state index contributed by atoms with van der Waals surface area (Å²) in [4.78, 5) is 0. The van der Waals surface area contributed by atoms with Crippen molar-refractivity contribution in [3.63, 3.8) is 0 Å². The first-order valence-corrected chi connectivity index (χ1v) is 4.52. The standard InChI is InChI=1S/C11H12N2O2/c1-9(13-14)8-10-2-4-11(5-3-10)15-7-6-12/h2-5,14H,7-8H2,1H3/b13-9-. The molecule has 0 aromatic heterocycles. The molecule has 0 bridgehead atoms. The molecule has 0 unspecified atom stereocenters. The molecule has 78 valence electrons. The fourth-order valence-electron chi connectivity index (χ4n) is 1.15. The van der Waals surface area contributed by atoms with Crippen LogP contribution in [0.5, 0.6) is 5.75 Å². The second kappa shape index (κ2) is 5.66. The summed E-state index contributed by atoms with van der Waals surface area (Å²) in [6.07, 6.45) is 0.606. The van der Waals surface area contributed by atoms with Crippen molar-refractivity contribution in [1.29, 1.82) is 5.26 Å². The SMILES string of the molecule is C/C(Cc1ccc(OCC#N)cc1)=N/O. The number of nitrogens with zero attached hydrogens (tertiary/aromatic N) is 2. The highest BCUT2D eigenvalue weighted by Crippen LogP contribution is 2.12. The van der Waals surface area contributed by atoms with Gasteiger partial charge in [-0.3, -0.25) is 0 Å². The zero-order valence-corrected chi connectivity index (χ0v) is 8.47. The van der Waals surface area contributed by atoms with Gasteiger partial charge >= 0.3 is 0 Å². The summed E-state index contributed by atoms with van der Waals surface area (Å²) in [5, 5.41) is 19.9. The van der Waals surface area contributed by atoms with Crippen molar-refractivity contribution < 1.29 is 9.94 Å². The Morgan fingerprint density at radius 2 is 2.13 bits per heavy atom. The van der Waals surface area contributed by atoms with E-state index in [-0.39, 0.29) is 6.61 Å². The van der Waals surface area contributed by atoms with Crippen molar-refractivity contribution in [2.24, 2.45) is 5.16 Å². The number of ether oxygens (including phenoxy) is 1. The maximum absolute atomic E-state index is 8.49. The molecule has 1 aromatic rings. The van der Waals surface area contributed by atoms with Crippen LogP contribution in [0.25, 0.3) is 0 Å². The Bertz CT molecular complexity index is 377. The van der Waals surface area contributed by atoms with Crippen LogP contribution in [0.15, 0.2) is 29.4 Å². The number of hydrogen-bond donors (Lipinski definition) is 1. The maximum atomic E-state index is 8.49. The lowest BCUT2D eigenvalue weighted by Gasteiger charge is -2.03. The summed E-state index contributed by atoms with van der Waals surface area (Å²) >= 11 is 0. The monoisotopic (exact) mass is 204 g/mol. The van der Waals surface area contributed by atoms with Crippen LogP contribution in [-0.2, 0) is 6.42 Å². The molecule has 0 heterocycles. The molecule has 0 aliphatic rings. The lowest BCUT2D eigenvalue weighted by Crippen LogP contribution is -1.98. The van der Waals surface area contributed by atoms with Gasteiger partial charge in [-0.15, -0.1) is 0 Å². The lowest BCUT2D eigenvalue weighted by molar-refractivity contribution is 0.317. The number of hydrogen-bond acceptors (Lipinski definition) is 4. The predicted molar refractivity (Wildman–Crippen MR) is 56.1 cm³/mol. The summed E-state index contributed by atoms with van der Waals surface area (Å²) in [5.41, 5.74) is 1.69. The molecule has 0 spiro atoms. The summed E-state index contributed by atoms with van der Waals surface area (Å²) in [6.45, 7) is 1.80. The maximum Gasteiger partial charge on any atom is 0.174 e. The average Bonchev–Trinajstić information content (AvgIpc) is 2.28. The average molecular weight is 204 g/mol. The van der Waals surface area contributed by atoms with Gasteiger partial charge in [0.15, 0.2) is 6.61 Å². The fourth-order valence-corrected chi connectivity index (χ4v) is 1.15. The van der Waals surface area contributed by atoms with Crippen molar-refractivity contribution in [2.45, 2.75) is 13.3 Å². The van der Waals surface area contributed by atoms with Crippen molar-refractivity contribution >= 4 is 5.71 Å². The highest BCUT2D eigenvalue weighted by molar-refractivity contribution is 5.83. The first-order valence-electron chi connectivity index (χ1n) is 4.52. The molecule has 0 radical (unpaired) electrons. The van der Waals surface area contributed by atoms with Crippen LogP contribution in [0.4, 0.5) is 0 Å². The van der Waals surface area contributed by atoms with Gasteiger partial charge in [-0.1, -0.05) is 17.3 Å². The Balaban J connectivity index is 2.61. The van der Waals surface area contributed by atoms with E-state index in [4.69, 9.17) is 15.2 Å². The first kappa shape index (κ1) is 11.1. The van der Waals surface area contributed by atoms with Crippen LogP contribution in [0.2, 0.25) is 0 Å². The van der Waals surface area contributed by atoms with Crippen molar-refractivity contribution in [3.8, 4) is 11.8 Å². The minimum atomic E-state index is 0.0521. The summed E-state index contributed by atoms with van der Waals surface area (Å²) in [7, 11) is 0. The van der Waals surface area contributed by atoms with E-state index in [0.717, 1.165) is 5.56 Å². The van der Waals surface area contributed by atoms with E-state index < -0.39 is 0 Å². The molecule has 4 heteroatoms. The zero-order chi connectivity index (χ0) is 11.1. The topological polar surface area (TPSA) is 65.6 Å². The van der Waals surface area contributed by atoms with Crippen molar-refractivity contribution in [1.82, 2.24) is 0 Å². The van der Waals surface area contributed by atoms with Gasteiger partial charge in [0.25, 0.3) is 0 Å². The van der Waals surface area contributed by atoms with E-state index >= 15 is 0 Å². The minimum Gasteiger partial charge on any atom is -0.479 e. The molecular weight excluding hydrogens is 192 g/mol. The molecule has 1 aromatic carbocycles. The summed E-state index contributed by atoms with van der Waals surface area (Å²) in [6, 6.07) is 9.23.